The Hall–Kier alpha value is -1.83. The van der Waals surface area contributed by atoms with Crippen molar-refractivity contribution in [3.63, 3.8) is 0 Å². The first-order valence-electron chi connectivity index (χ1n) is 15.3. The molecule has 0 aromatic rings. The molecule has 222 valence electrons. The number of aliphatic hydroxyl groups is 1. The van der Waals surface area contributed by atoms with E-state index in [1.165, 1.54) is 6.42 Å². The number of ether oxygens (including phenoxy) is 2. The Morgan fingerprint density at radius 2 is 1.67 bits per heavy atom. The minimum Gasteiger partial charge on any atom is -0.480 e. The third-order valence-corrected chi connectivity index (χ3v) is 11.4. The average Bonchev–Trinajstić information content (AvgIpc) is 3.22. The van der Waals surface area contributed by atoms with Crippen molar-refractivity contribution < 1.29 is 34.1 Å². The minimum absolute atomic E-state index is 0.0837. The molecule has 0 aromatic heterocycles. The van der Waals surface area contributed by atoms with Gasteiger partial charge in [-0.25, -0.2) is 4.79 Å². The summed E-state index contributed by atoms with van der Waals surface area (Å²) >= 11 is 0. The van der Waals surface area contributed by atoms with Crippen LogP contribution in [0.4, 0.5) is 4.79 Å². The minimum atomic E-state index is -1.10. The fourth-order valence-electron chi connectivity index (χ4n) is 9.49. The van der Waals surface area contributed by atoms with E-state index in [2.05, 4.69) is 39.9 Å². The molecule has 0 radical (unpaired) electrons. The molecule has 0 saturated heterocycles. The summed E-state index contributed by atoms with van der Waals surface area (Å²) in [5.41, 5.74) is 0.307. The van der Waals surface area contributed by atoms with E-state index in [9.17, 15) is 19.5 Å². The zero-order valence-corrected chi connectivity index (χ0v) is 24.6. The Balaban J connectivity index is 1.38. The second-order valence-corrected chi connectivity index (χ2v) is 14.2. The van der Waals surface area contributed by atoms with Gasteiger partial charge in [0.05, 0.1) is 12.7 Å². The zero-order chi connectivity index (χ0) is 28.5. The van der Waals surface area contributed by atoms with Crippen LogP contribution in [0.25, 0.3) is 0 Å². The zero-order valence-electron chi connectivity index (χ0n) is 24.6. The molecule has 0 aromatic carbocycles. The van der Waals surface area contributed by atoms with Crippen LogP contribution in [0.5, 0.6) is 0 Å². The van der Waals surface area contributed by atoms with E-state index in [1.807, 2.05) is 0 Å². The molecule has 4 aliphatic carbocycles. The van der Waals surface area contributed by atoms with E-state index < -0.39 is 18.6 Å². The SMILES string of the molecule is CC(C)COC(=O)CC[C@@H](C)C1CCC2C3C(CC[C@@]21C)[C@@]1(C)CC[C@@H](OC(=O)NCC(=O)O)CC1C[C@H]3O. The molecule has 0 heterocycles. The molecule has 10 atom stereocenters. The number of carboxylic acid groups (broad SMARTS) is 1. The van der Waals surface area contributed by atoms with Gasteiger partial charge < -0.3 is 25.0 Å². The van der Waals surface area contributed by atoms with Gasteiger partial charge in [-0.15, -0.1) is 0 Å². The number of aliphatic hydroxyl groups excluding tert-OH is 1. The van der Waals surface area contributed by atoms with Crippen LogP contribution in [-0.2, 0) is 19.1 Å². The van der Waals surface area contributed by atoms with Gasteiger partial charge in [0.25, 0.3) is 0 Å². The van der Waals surface area contributed by atoms with E-state index in [0.29, 0.717) is 48.5 Å². The molecule has 4 saturated carbocycles. The monoisotopic (exact) mass is 549 g/mol. The number of amides is 1. The van der Waals surface area contributed by atoms with Crippen molar-refractivity contribution in [3.05, 3.63) is 0 Å². The van der Waals surface area contributed by atoms with Crippen LogP contribution in [0.3, 0.4) is 0 Å². The lowest BCUT2D eigenvalue weighted by Gasteiger charge is -2.62. The molecular formula is C31H51NO7. The second-order valence-electron chi connectivity index (χ2n) is 14.2. The summed E-state index contributed by atoms with van der Waals surface area (Å²) in [4.78, 5) is 35.1. The normalized spacial score (nSPS) is 40.1. The number of hydrogen-bond donors (Lipinski definition) is 3. The van der Waals surface area contributed by atoms with Gasteiger partial charge in [0.15, 0.2) is 0 Å². The molecular weight excluding hydrogens is 498 g/mol. The smallest absolute Gasteiger partial charge is 0.407 e. The summed E-state index contributed by atoms with van der Waals surface area (Å²) in [6.45, 7) is 11.3. The van der Waals surface area contributed by atoms with Gasteiger partial charge in [-0.1, -0.05) is 34.6 Å². The maximum atomic E-state index is 12.3. The summed E-state index contributed by atoms with van der Waals surface area (Å²) in [6, 6.07) is 0. The maximum Gasteiger partial charge on any atom is 0.407 e. The molecule has 3 N–H and O–H groups in total. The van der Waals surface area contributed by atoms with Crippen molar-refractivity contribution in [1.29, 1.82) is 0 Å². The van der Waals surface area contributed by atoms with Gasteiger partial charge >= 0.3 is 18.0 Å². The number of esters is 1. The van der Waals surface area contributed by atoms with Crippen molar-refractivity contribution in [2.45, 2.75) is 111 Å². The van der Waals surface area contributed by atoms with Crippen molar-refractivity contribution in [1.82, 2.24) is 5.32 Å². The van der Waals surface area contributed by atoms with Gasteiger partial charge in [0.1, 0.15) is 12.6 Å². The Kier molecular flexibility index (Phi) is 9.24. The number of hydrogen-bond acceptors (Lipinski definition) is 6. The summed E-state index contributed by atoms with van der Waals surface area (Å²) in [5, 5.41) is 22.7. The summed E-state index contributed by atoms with van der Waals surface area (Å²) in [7, 11) is 0. The average molecular weight is 550 g/mol. The Bertz CT molecular complexity index is 907. The van der Waals surface area contributed by atoms with Gasteiger partial charge in [-0.05, 0) is 110 Å². The quantitative estimate of drug-likeness (QED) is 0.329. The van der Waals surface area contributed by atoms with E-state index in [-0.39, 0.29) is 34.9 Å². The van der Waals surface area contributed by atoms with Crippen LogP contribution >= 0.6 is 0 Å². The van der Waals surface area contributed by atoms with E-state index in [0.717, 1.165) is 51.4 Å². The summed E-state index contributed by atoms with van der Waals surface area (Å²) < 4.78 is 11.0. The number of nitrogens with one attached hydrogen (secondary N) is 1. The van der Waals surface area contributed by atoms with Crippen LogP contribution < -0.4 is 5.32 Å². The van der Waals surface area contributed by atoms with Gasteiger partial charge in [0.2, 0.25) is 0 Å². The fraction of sp³-hybridized carbons (Fsp3) is 0.903. The first-order valence-corrected chi connectivity index (χ1v) is 15.3. The number of alkyl carbamates (subject to hydrolysis) is 1. The molecule has 1 amide bonds. The molecule has 4 fully saturated rings. The van der Waals surface area contributed by atoms with Crippen LogP contribution in [0.15, 0.2) is 0 Å². The topological polar surface area (TPSA) is 122 Å². The van der Waals surface area contributed by atoms with E-state index >= 15 is 0 Å². The van der Waals surface area contributed by atoms with E-state index in [4.69, 9.17) is 14.6 Å². The van der Waals surface area contributed by atoms with Crippen molar-refractivity contribution in [2.75, 3.05) is 13.2 Å². The number of carbonyl (C=O) groups is 3. The molecule has 4 aliphatic rings. The number of fused-ring (bicyclic) bond motifs is 5. The van der Waals surface area contributed by atoms with Gasteiger partial charge in [-0.2, -0.15) is 0 Å². The maximum absolute atomic E-state index is 12.3. The van der Waals surface area contributed by atoms with Gasteiger partial charge in [0, 0.05) is 6.42 Å². The third kappa shape index (κ3) is 6.25. The standard InChI is InChI=1S/C31H51NO7/c1-18(2)17-38-27(36)9-6-19(3)22-7-8-23-28-24(11-13-31(22,23)5)30(4)12-10-21(14-20(30)15-25(28)33)39-29(37)32-16-26(34)35/h18-25,28,33H,6-17H2,1-5H3,(H,32,37)(H,34,35)/t19-,20?,21-,22?,23?,24?,25-,28?,30+,31-/m1/s1. The predicted octanol–water partition coefficient (Wildman–Crippen LogP) is 5.41. The highest BCUT2D eigenvalue weighted by molar-refractivity contribution is 5.76. The lowest BCUT2D eigenvalue weighted by atomic mass is 9.43. The second kappa shape index (κ2) is 12.0. The number of aliphatic carboxylic acids is 1. The predicted molar refractivity (Wildman–Crippen MR) is 147 cm³/mol. The highest BCUT2D eigenvalue weighted by Crippen LogP contribution is 2.68. The number of carboxylic acids is 1. The van der Waals surface area contributed by atoms with Crippen molar-refractivity contribution >= 4 is 18.0 Å². The third-order valence-electron chi connectivity index (χ3n) is 11.4. The first kappa shape index (κ1) is 30.1. The van der Waals surface area contributed by atoms with E-state index in [1.54, 1.807) is 0 Å². The lowest BCUT2D eigenvalue weighted by Crippen LogP contribution is -2.59. The number of carbonyl (C=O) groups excluding carboxylic acids is 2. The molecule has 0 spiro atoms. The molecule has 8 nitrogen and oxygen atoms in total. The molecule has 39 heavy (non-hydrogen) atoms. The van der Waals surface area contributed by atoms with Crippen LogP contribution in [0.1, 0.15) is 98.8 Å². The van der Waals surface area contributed by atoms with Crippen LogP contribution in [0.2, 0.25) is 0 Å². The van der Waals surface area contributed by atoms with Crippen LogP contribution in [0, 0.1) is 52.3 Å². The number of rotatable bonds is 9. The Morgan fingerprint density at radius 1 is 0.974 bits per heavy atom. The molecule has 0 aliphatic heterocycles. The fourth-order valence-corrected chi connectivity index (χ4v) is 9.49. The highest BCUT2D eigenvalue weighted by atomic mass is 16.6. The van der Waals surface area contributed by atoms with Crippen molar-refractivity contribution in [2.24, 2.45) is 52.3 Å². The molecule has 0 bridgehead atoms. The van der Waals surface area contributed by atoms with Crippen LogP contribution in [-0.4, -0.2) is 53.6 Å². The van der Waals surface area contributed by atoms with Gasteiger partial charge in [-0.3, -0.25) is 9.59 Å². The molecule has 5 unspecified atom stereocenters. The molecule has 8 heteroatoms. The Labute approximate surface area is 234 Å². The lowest BCUT2D eigenvalue weighted by molar-refractivity contribution is -0.174. The summed E-state index contributed by atoms with van der Waals surface area (Å²) in [5.74, 6) is 1.74. The highest BCUT2D eigenvalue weighted by Gasteiger charge is 2.63. The Morgan fingerprint density at radius 3 is 2.36 bits per heavy atom. The first-order chi connectivity index (χ1) is 18.3. The summed E-state index contributed by atoms with van der Waals surface area (Å²) in [6.07, 6.45) is 7.89. The largest absolute Gasteiger partial charge is 0.480 e. The molecule has 4 rings (SSSR count). The van der Waals surface area contributed by atoms with Crippen molar-refractivity contribution in [3.8, 4) is 0 Å².